The molecule has 0 aliphatic rings. The standard InChI is InChI=1S/C17H10F3NO2/c18-17(19,20)16(22)23-15-8-6-12(7-9-15)10-14(11-21)13-4-2-1-3-5-13/h1-10H/b14-10-. The topological polar surface area (TPSA) is 50.1 Å². The van der Waals surface area contributed by atoms with Gasteiger partial charge >= 0.3 is 12.1 Å². The average Bonchev–Trinajstić information content (AvgIpc) is 2.54. The van der Waals surface area contributed by atoms with Gasteiger partial charge in [-0.1, -0.05) is 42.5 Å². The highest BCUT2D eigenvalue weighted by Gasteiger charge is 2.41. The second-order valence-electron chi connectivity index (χ2n) is 4.49. The monoisotopic (exact) mass is 317 g/mol. The van der Waals surface area contributed by atoms with Crippen molar-refractivity contribution >= 4 is 17.6 Å². The fourth-order valence-electron chi connectivity index (χ4n) is 1.76. The van der Waals surface area contributed by atoms with E-state index in [0.29, 0.717) is 11.1 Å². The Kier molecular flexibility index (Phi) is 4.82. The Balaban J connectivity index is 2.18. The summed E-state index contributed by atoms with van der Waals surface area (Å²) in [4.78, 5) is 10.7. The van der Waals surface area contributed by atoms with E-state index in [1.807, 2.05) is 6.07 Å². The predicted octanol–water partition coefficient (Wildman–Crippen LogP) is 4.22. The number of halogens is 3. The number of carbonyl (C=O) groups excluding carboxylic acids is 1. The van der Waals surface area contributed by atoms with E-state index < -0.39 is 12.1 Å². The Hall–Kier alpha value is -3.07. The van der Waals surface area contributed by atoms with Crippen molar-refractivity contribution in [3.63, 3.8) is 0 Å². The number of allylic oxidation sites excluding steroid dienone is 1. The van der Waals surface area contributed by atoms with Crippen LogP contribution in [0.4, 0.5) is 13.2 Å². The van der Waals surface area contributed by atoms with Gasteiger partial charge in [0.15, 0.2) is 0 Å². The normalized spacial score (nSPS) is 11.7. The summed E-state index contributed by atoms with van der Waals surface area (Å²) < 4.78 is 40.5. The maximum atomic E-state index is 12.1. The number of rotatable bonds is 3. The molecule has 2 aromatic rings. The quantitative estimate of drug-likeness (QED) is 0.369. The van der Waals surface area contributed by atoms with Gasteiger partial charge in [0.1, 0.15) is 5.75 Å². The number of hydrogen-bond donors (Lipinski definition) is 0. The van der Waals surface area contributed by atoms with Gasteiger partial charge in [0.25, 0.3) is 0 Å². The van der Waals surface area contributed by atoms with Gasteiger partial charge in [0.05, 0.1) is 11.6 Å². The lowest BCUT2D eigenvalue weighted by Gasteiger charge is -2.07. The second-order valence-corrected chi connectivity index (χ2v) is 4.49. The van der Waals surface area contributed by atoms with Crippen LogP contribution in [-0.2, 0) is 4.79 Å². The molecule has 0 spiro atoms. The fraction of sp³-hybridized carbons (Fsp3) is 0.0588. The van der Waals surface area contributed by atoms with E-state index in [1.54, 1.807) is 30.3 Å². The summed E-state index contributed by atoms with van der Waals surface area (Å²) >= 11 is 0. The molecule has 116 valence electrons. The van der Waals surface area contributed by atoms with Gasteiger partial charge in [-0.3, -0.25) is 0 Å². The van der Waals surface area contributed by atoms with Crippen LogP contribution in [0.3, 0.4) is 0 Å². The van der Waals surface area contributed by atoms with Crippen LogP contribution in [0.1, 0.15) is 11.1 Å². The van der Waals surface area contributed by atoms with Crippen molar-refractivity contribution in [3.8, 4) is 11.8 Å². The Bertz CT molecular complexity index is 757. The summed E-state index contributed by atoms with van der Waals surface area (Å²) in [5.41, 5.74) is 1.73. The fourth-order valence-corrected chi connectivity index (χ4v) is 1.76. The van der Waals surface area contributed by atoms with Crippen LogP contribution >= 0.6 is 0 Å². The number of ether oxygens (including phenoxy) is 1. The third kappa shape index (κ3) is 4.45. The van der Waals surface area contributed by atoms with Crippen molar-refractivity contribution in [3.05, 3.63) is 65.7 Å². The van der Waals surface area contributed by atoms with E-state index in [1.165, 1.54) is 24.3 Å². The lowest BCUT2D eigenvalue weighted by atomic mass is 10.0. The van der Waals surface area contributed by atoms with E-state index in [2.05, 4.69) is 10.8 Å². The van der Waals surface area contributed by atoms with Gasteiger partial charge in [-0.25, -0.2) is 4.79 Å². The van der Waals surface area contributed by atoms with Crippen molar-refractivity contribution in [1.82, 2.24) is 0 Å². The summed E-state index contributed by atoms with van der Waals surface area (Å²) in [6.45, 7) is 0. The first-order valence-corrected chi connectivity index (χ1v) is 6.46. The molecule has 0 radical (unpaired) electrons. The summed E-state index contributed by atoms with van der Waals surface area (Å²) in [5.74, 6) is -2.49. The molecule has 23 heavy (non-hydrogen) atoms. The Morgan fingerprint density at radius 2 is 1.65 bits per heavy atom. The molecule has 3 nitrogen and oxygen atoms in total. The highest BCUT2D eigenvalue weighted by molar-refractivity contribution is 5.89. The molecule has 0 aliphatic carbocycles. The summed E-state index contributed by atoms with van der Waals surface area (Å²) in [5, 5.41) is 9.19. The lowest BCUT2D eigenvalue weighted by Crippen LogP contribution is -2.27. The number of hydrogen-bond acceptors (Lipinski definition) is 3. The maximum Gasteiger partial charge on any atom is 0.491 e. The van der Waals surface area contributed by atoms with E-state index in [-0.39, 0.29) is 5.75 Å². The second kappa shape index (κ2) is 6.79. The molecule has 0 saturated heterocycles. The van der Waals surface area contributed by atoms with Gasteiger partial charge in [0.2, 0.25) is 0 Å². The van der Waals surface area contributed by atoms with Crippen LogP contribution in [0.2, 0.25) is 0 Å². The zero-order chi connectivity index (χ0) is 16.9. The predicted molar refractivity (Wildman–Crippen MR) is 78.1 cm³/mol. The third-order valence-corrected chi connectivity index (χ3v) is 2.84. The number of carbonyl (C=O) groups is 1. The van der Waals surface area contributed by atoms with E-state index in [4.69, 9.17) is 0 Å². The van der Waals surface area contributed by atoms with Crippen LogP contribution in [0.25, 0.3) is 11.6 Å². The van der Waals surface area contributed by atoms with E-state index in [0.717, 1.165) is 5.56 Å². The molecule has 0 N–H and O–H groups in total. The number of esters is 1. The largest absolute Gasteiger partial charge is 0.491 e. The molecule has 0 aromatic heterocycles. The molecular weight excluding hydrogens is 307 g/mol. The molecule has 0 amide bonds. The van der Waals surface area contributed by atoms with Crippen LogP contribution in [-0.4, -0.2) is 12.1 Å². The van der Waals surface area contributed by atoms with E-state index >= 15 is 0 Å². The Morgan fingerprint density at radius 3 is 2.17 bits per heavy atom. The number of nitriles is 1. The molecular formula is C17H10F3NO2. The molecule has 2 rings (SSSR count). The first-order chi connectivity index (χ1) is 10.9. The molecule has 0 bridgehead atoms. The molecule has 0 fully saturated rings. The SMILES string of the molecule is N#C/C(=C/c1ccc(OC(=O)C(F)(F)F)cc1)c1ccccc1. The molecule has 0 heterocycles. The summed E-state index contributed by atoms with van der Waals surface area (Å²) in [7, 11) is 0. The van der Waals surface area contributed by atoms with Crippen molar-refractivity contribution in [2.45, 2.75) is 6.18 Å². The van der Waals surface area contributed by atoms with Gasteiger partial charge in [0, 0.05) is 0 Å². The Morgan fingerprint density at radius 1 is 1.04 bits per heavy atom. The molecule has 0 atom stereocenters. The van der Waals surface area contributed by atoms with Gasteiger partial charge in [-0.05, 0) is 29.3 Å². The van der Waals surface area contributed by atoms with Crippen LogP contribution < -0.4 is 4.74 Å². The third-order valence-electron chi connectivity index (χ3n) is 2.84. The van der Waals surface area contributed by atoms with E-state index in [9.17, 15) is 23.2 Å². The minimum absolute atomic E-state index is 0.220. The summed E-state index contributed by atoms with van der Waals surface area (Å²) in [6, 6.07) is 16.4. The molecule has 0 aliphatic heterocycles. The van der Waals surface area contributed by atoms with Crippen LogP contribution in [0.5, 0.6) is 5.75 Å². The highest BCUT2D eigenvalue weighted by atomic mass is 19.4. The van der Waals surface area contributed by atoms with Crippen molar-refractivity contribution in [1.29, 1.82) is 5.26 Å². The number of nitrogens with zero attached hydrogens (tertiary/aromatic N) is 1. The molecule has 0 saturated carbocycles. The first kappa shape index (κ1) is 16.3. The smallest absolute Gasteiger partial charge is 0.420 e. The lowest BCUT2D eigenvalue weighted by molar-refractivity contribution is -0.189. The van der Waals surface area contributed by atoms with Gasteiger partial charge in [-0.2, -0.15) is 18.4 Å². The summed E-state index contributed by atoms with van der Waals surface area (Å²) in [6.07, 6.45) is -3.45. The van der Waals surface area contributed by atoms with Crippen molar-refractivity contribution < 1.29 is 22.7 Å². The zero-order valence-corrected chi connectivity index (χ0v) is 11.7. The van der Waals surface area contributed by atoms with Gasteiger partial charge in [-0.15, -0.1) is 0 Å². The van der Waals surface area contributed by atoms with Crippen molar-refractivity contribution in [2.24, 2.45) is 0 Å². The average molecular weight is 317 g/mol. The Labute approximate surface area is 130 Å². The van der Waals surface area contributed by atoms with Crippen molar-refractivity contribution in [2.75, 3.05) is 0 Å². The number of benzene rings is 2. The minimum Gasteiger partial charge on any atom is -0.420 e. The van der Waals surface area contributed by atoms with Gasteiger partial charge < -0.3 is 4.74 Å². The highest BCUT2D eigenvalue weighted by Crippen LogP contribution is 2.22. The minimum atomic E-state index is -5.04. The molecule has 2 aromatic carbocycles. The number of alkyl halides is 3. The first-order valence-electron chi connectivity index (χ1n) is 6.46. The zero-order valence-electron chi connectivity index (χ0n) is 11.7. The van der Waals surface area contributed by atoms with Crippen LogP contribution in [0, 0.1) is 11.3 Å². The van der Waals surface area contributed by atoms with Crippen LogP contribution in [0.15, 0.2) is 54.6 Å². The maximum absolute atomic E-state index is 12.1. The molecule has 0 unspecified atom stereocenters. The molecule has 6 heteroatoms.